The number of carboxylic acid groups (broad SMARTS) is 1. The lowest BCUT2D eigenvalue weighted by Gasteiger charge is -2.38. The average molecular weight is 704 g/mol. The lowest BCUT2D eigenvalue weighted by molar-refractivity contribution is -0.139. The van der Waals surface area contributed by atoms with Crippen LogP contribution in [0, 0.1) is 18.7 Å². The minimum Gasteiger partial charge on any atom is -0.478 e. The van der Waals surface area contributed by atoms with Crippen molar-refractivity contribution in [2.45, 2.75) is 38.2 Å². The molecule has 2 aromatic carbocycles. The molecule has 0 aliphatic carbocycles. The second kappa shape index (κ2) is 13.0. The van der Waals surface area contributed by atoms with Crippen LogP contribution >= 0.6 is 11.3 Å². The van der Waals surface area contributed by atoms with Crippen molar-refractivity contribution in [3.8, 4) is 0 Å². The van der Waals surface area contributed by atoms with Crippen LogP contribution in [0.5, 0.6) is 0 Å². The number of ether oxygens (including phenoxy) is 1. The number of carboxylic acids is 1. The van der Waals surface area contributed by atoms with E-state index in [1.165, 1.54) is 23.5 Å². The van der Waals surface area contributed by atoms with Crippen LogP contribution in [0.4, 0.5) is 27.6 Å². The number of benzene rings is 2. The molecule has 0 saturated carbocycles. The molecule has 3 aliphatic heterocycles. The molecule has 2 saturated heterocycles. The summed E-state index contributed by atoms with van der Waals surface area (Å²) in [6, 6.07) is 5.87. The van der Waals surface area contributed by atoms with E-state index in [4.69, 9.17) is 9.73 Å². The van der Waals surface area contributed by atoms with Crippen LogP contribution in [-0.2, 0) is 20.5 Å². The van der Waals surface area contributed by atoms with Crippen LogP contribution < -0.4 is 10.2 Å². The largest absolute Gasteiger partial charge is 0.478 e. The van der Waals surface area contributed by atoms with E-state index in [-0.39, 0.29) is 56.0 Å². The number of aromatic carboxylic acids is 1. The number of amidine groups is 1. The highest BCUT2D eigenvalue weighted by Gasteiger charge is 2.57. The molecule has 49 heavy (non-hydrogen) atoms. The van der Waals surface area contributed by atoms with Crippen LogP contribution in [0.2, 0.25) is 0 Å². The Labute approximate surface area is 280 Å². The number of hydrogen-bond acceptors (Lipinski definition) is 9. The minimum atomic E-state index is -5.02. The molecule has 0 spiro atoms. The number of esters is 1. The SMILES string of the molecule is CCOC(=O)C1=C(CN2CC[C@]3(F)C(=O)N(c4ccc(C(=O)O)c(C(F)(F)F)c4)C[C@@H]3C2)NC(c2nccs2)=N[C@H]1c1cccc(F)c1C. The number of alkyl halides is 4. The van der Waals surface area contributed by atoms with Gasteiger partial charge in [-0.15, -0.1) is 11.3 Å². The van der Waals surface area contributed by atoms with Crippen LogP contribution in [0.25, 0.3) is 0 Å². The summed E-state index contributed by atoms with van der Waals surface area (Å²) in [6.07, 6.45) is -3.73. The second-order valence-corrected chi connectivity index (χ2v) is 12.8. The van der Waals surface area contributed by atoms with E-state index in [0.717, 1.165) is 17.0 Å². The van der Waals surface area contributed by atoms with Gasteiger partial charge < -0.3 is 20.1 Å². The number of piperidine rings is 1. The normalized spacial score (nSPS) is 22.9. The van der Waals surface area contributed by atoms with Gasteiger partial charge in [0.15, 0.2) is 16.5 Å². The lowest BCUT2D eigenvalue weighted by atomic mass is 9.84. The number of aliphatic imine (C=N–C) groups is 1. The van der Waals surface area contributed by atoms with Crippen molar-refractivity contribution in [3.05, 3.63) is 92.3 Å². The predicted octanol–water partition coefficient (Wildman–Crippen LogP) is 5.29. The van der Waals surface area contributed by atoms with Crippen molar-refractivity contribution < 1.29 is 46.2 Å². The van der Waals surface area contributed by atoms with Gasteiger partial charge in [0.05, 0.1) is 23.3 Å². The van der Waals surface area contributed by atoms with Crippen LogP contribution in [0.1, 0.15) is 51.4 Å². The van der Waals surface area contributed by atoms with Gasteiger partial charge in [-0.05, 0) is 49.2 Å². The zero-order valence-corrected chi connectivity index (χ0v) is 27.0. The molecule has 0 unspecified atom stereocenters. The zero-order chi connectivity index (χ0) is 35.2. The van der Waals surface area contributed by atoms with Gasteiger partial charge in [0.1, 0.15) is 11.9 Å². The van der Waals surface area contributed by atoms with E-state index in [9.17, 15) is 37.1 Å². The highest BCUT2D eigenvalue weighted by molar-refractivity contribution is 7.11. The van der Waals surface area contributed by atoms with Gasteiger partial charge in [-0.3, -0.25) is 14.7 Å². The topological polar surface area (TPSA) is 124 Å². The number of rotatable bonds is 8. The monoisotopic (exact) mass is 703 g/mol. The highest BCUT2D eigenvalue weighted by Crippen LogP contribution is 2.44. The number of hydrogen-bond donors (Lipinski definition) is 2. The molecule has 1 aromatic heterocycles. The Balaban J connectivity index is 1.33. The molecule has 3 aliphatic rings. The molecule has 3 aromatic rings. The molecule has 16 heteroatoms. The van der Waals surface area contributed by atoms with E-state index in [1.807, 2.05) is 4.90 Å². The number of aromatic nitrogens is 1. The van der Waals surface area contributed by atoms with Gasteiger partial charge in [0, 0.05) is 61.5 Å². The Morgan fingerprint density at radius 3 is 2.65 bits per heavy atom. The maximum Gasteiger partial charge on any atom is 0.417 e. The van der Waals surface area contributed by atoms with Crippen molar-refractivity contribution >= 4 is 40.7 Å². The van der Waals surface area contributed by atoms with Gasteiger partial charge in [-0.2, -0.15) is 13.2 Å². The van der Waals surface area contributed by atoms with Crippen molar-refractivity contribution in [2.24, 2.45) is 10.9 Å². The molecule has 2 N–H and O–H groups in total. The molecule has 4 heterocycles. The first-order chi connectivity index (χ1) is 23.2. The number of carbonyl (C=O) groups is 3. The first-order valence-corrected chi connectivity index (χ1v) is 16.2. The molecule has 10 nitrogen and oxygen atoms in total. The van der Waals surface area contributed by atoms with Gasteiger partial charge in [-0.1, -0.05) is 12.1 Å². The highest BCUT2D eigenvalue weighted by atomic mass is 32.1. The Hall–Kier alpha value is -4.70. The molecule has 2 fully saturated rings. The smallest absolute Gasteiger partial charge is 0.417 e. The molecule has 0 radical (unpaired) electrons. The fourth-order valence-electron chi connectivity index (χ4n) is 6.56. The number of halogens is 5. The number of carbonyl (C=O) groups excluding carboxylic acids is 2. The second-order valence-electron chi connectivity index (χ2n) is 11.9. The first kappa shape index (κ1) is 34.2. The summed E-state index contributed by atoms with van der Waals surface area (Å²) in [4.78, 5) is 50.2. The van der Waals surface area contributed by atoms with Crippen molar-refractivity contribution in [3.63, 3.8) is 0 Å². The van der Waals surface area contributed by atoms with E-state index in [2.05, 4.69) is 10.3 Å². The van der Waals surface area contributed by atoms with Gasteiger partial charge >= 0.3 is 18.1 Å². The molecule has 3 atom stereocenters. The van der Waals surface area contributed by atoms with Crippen molar-refractivity contribution in [1.82, 2.24) is 15.2 Å². The van der Waals surface area contributed by atoms with Gasteiger partial charge in [-0.25, -0.2) is 23.4 Å². The number of likely N-dealkylation sites (tertiary alicyclic amines) is 1. The maximum absolute atomic E-state index is 16.4. The van der Waals surface area contributed by atoms with Crippen molar-refractivity contribution in [2.75, 3.05) is 37.7 Å². The van der Waals surface area contributed by atoms with E-state index in [0.29, 0.717) is 28.2 Å². The molecule has 258 valence electrons. The Kier molecular flexibility index (Phi) is 9.04. The van der Waals surface area contributed by atoms with Crippen LogP contribution in [0.15, 0.2) is 64.2 Å². The average Bonchev–Trinajstić information content (AvgIpc) is 3.68. The Morgan fingerprint density at radius 2 is 1.98 bits per heavy atom. The number of nitrogens with zero attached hydrogens (tertiary/aromatic N) is 4. The van der Waals surface area contributed by atoms with E-state index in [1.54, 1.807) is 31.5 Å². The third kappa shape index (κ3) is 6.30. The predicted molar refractivity (Wildman–Crippen MR) is 168 cm³/mol. The summed E-state index contributed by atoms with van der Waals surface area (Å²) in [5.74, 6) is -4.61. The summed E-state index contributed by atoms with van der Waals surface area (Å²) in [6.45, 7) is 3.08. The standard InChI is InChI=1S/C33H30F5N5O5S/c1-3-48-30(46)25-24(40-27(28-39-10-12-49-28)41-26(25)20-5-4-6-23(34)17(20)2)16-42-11-9-32(35)18(14-42)15-43(31(32)47)19-7-8-21(29(44)45)22(13-19)33(36,37)38/h4-8,10,12-13,18,26H,3,9,11,14-16H2,1-2H3,(H,40,41)(H,44,45)/t18-,26-,32+/m0/s1. The summed E-state index contributed by atoms with van der Waals surface area (Å²) < 4.78 is 77.8. The van der Waals surface area contributed by atoms with E-state index >= 15 is 4.39 Å². The van der Waals surface area contributed by atoms with Gasteiger partial charge in [0.2, 0.25) is 0 Å². The fourth-order valence-corrected chi connectivity index (χ4v) is 7.15. The Bertz CT molecular complexity index is 1880. The summed E-state index contributed by atoms with van der Waals surface area (Å²) in [5.41, 5.74) is -3.88. The summed E-state index contributed by atoms with van der Waals surface area (Å²) >= 11 is 1.29. The van der Waals surface area contributed by atoms with Gasteiger partial charge in [0.25, 0.3) is 5.91 Å². The summed E-state index contributed by atoms with van der Waals surface area (Å²) in [7, 11) is 0. The quantitative estimate of drug-likeness (QED) is 0.240. The maximum atomic E-state index is 16.4. The van der Waals surface area contributed by atoms with Crippen LogP contribution in [-0.4, -0.2) is 77.1 Å². The number of nitrogens with one attached hydrogen (secondary N) is 1. The fraction of sp³-hybridized carbons (Fsp3) is 0.364. The molecule has 0 bridgehead atoms. The molecule has 6 rings (SSSR count). The van der Waals surface area contributed by atoms with Crippen molar-refractivity contribution in [1.29, 1.82) is 0 Å². The number of anilines is 1. The number of thiazole rings is 1. The third-order valence-corrected chi connectivity index (χ3v) is 9.79. The Morgan fingerprint density at radius 1 is 1.20 bits per heavy atom. The van der Waals surface area contributed by atoms with E-state index < -0.39 is 58.6 Å². The molecular weight excluding hydrogens is 673 g/mol. The number of amides is 1. The zero-order valence-electron chi connectivity index (χ0n) is 26.2. The van der Waals surface area contributed by atoms with Crippen LogP contribution in [0.3, 0.4) is 0 Å². The molecule has 1 amide bonds. The summed E-state index contributed by atoms with van der Waals surface area (Å²) in [5, 5.41) is 14.7. The lowest BCUT2D eigenvalue weighted by Crippen LogP contribution is -2.52. The first-order valence-electron chi connectivity index (χ1n) is 15.3. The minimum absolute atomic E-state index is 0.00719. The number of fused-ring (bicyclic) bond motifs is 1. The third-order valence-electron chi connectivity index (χ3n) is 9.01. The molecular formula is C33H30F5N5O5S.